The van der Waals surface area contributed by atoms with Gasteiger partial charge in [-0.2, -0.15) is 8.78 Å². The normalized spacial score (nSPS) is 13.8. The topological polar surface area (TPSA) is 108 Å². The number of pyridine rings is 1. The summed E-state index contributed by atoms with van der Waals surface area (Å²) in [6.07, 6.45) is -1.69. The molecule has 1 heterocycles. The molecule has 0 saturated carbocycles. The average Bonchev–Trinajstić information content (AvgIpc) is 2.71. The summed E-state index contributed by atoms with van der Waals surface area (Å²) < 4.78 is 62.2. The molecule has 7 nitrogen and oxygen atoms in total. The van der Waals surface area contributed by atoms with Crippen LogP contribution in [0.2, 0.25) is 0 Å². The van der Waals surface area contributed by atoms with Crippen LogP contribution in [0, 0.1) is 0 Å². The second-order valence-corrected chi connectivity index (χ2v) is 8.42. The fourth-order valence-electron chi connectivity index (χ4n) is 2.66. The lowest BCUT2D eigenvalue weighted by Gasteiger charge is -2.22. The van der Waals surface area contributed by atoms with Crippen molar-refractivity contribution in [3.8, 4) is 11.1 Å². The fraction of sp³-hybridized carbons (Fsp3) is 0.368. The summed E-state index contributed by atoms with van der Waals surface area (Å²) in [6, 6.07) is 8.35. The number of hydrogen-bond acceptors (Lipinski definition) is 5. The lowest BCUT2D eigenvalue weighted by molar-refractivity contribution is -0.133. The van der Waals surface area contributed by atoms with Crippen LogP contribution in [0.4, 0.5) is 13.2 Å². The summed E-state index contributed by atoms with van der Waals surface area (Å²) in [5.74, 6) is -1.65. The maximum atomic E-state index is 13.1. The van der Waals surface area contributed by atoms with Crippen LogP contribution in [0.5, 0.6) is 0 Å². The lowest BCUT2D eigenvalue weighted by Crippen LogP contribution is -2.43. The van der Waals surface area contributed by atoms with Gasteiger partial charge < -0.3 is 10.4 Å². The molecule has 0 saturated heterocycles. The number of nitrogens with zero attached hydrogens (tertiary/aromatic N) is 1. The number of rotatable bonds is 10. The largest absolute Gasteiger partial charge is 0.386 e. The van der Waals surface area contributed by atoms with Crippen LogP contribution in [-0.4, -0.2) is 56.4 Å². The van der Waals surface area contributed by atoms with E-state index in [1.165, 1.54) is 12.1 Å². The molecule has 1 aromatic carbocycles. The molecule has 2 aromatic rings. The third-order valence-electron chi connectivity index (χ3n) is 4.23. The predicted molar refractivity (Wildman–Crippen MR) is 105 cm³/mol. The molecule has 3 N–H and O–H groups in total. The molecule has 0 spiro atoms. The number of nitrogens with one attached hydrogen (secondary N) is 2. The standard InChI is InChI=1S/C19H22F3N3O4S/c1-30(28,29)24-9-8-15-7-6-14(11-23-15)12-2-4-13(5-3-12)17(26)16(10-20)25-19(27)18(21)22/h2-7,11,16-18,24,26H,8-10H2,1H3,(H,25,27)/t16-,17-/m1/s1. The van der Waals surface area contributed by atoms with Crippen molar-refractivity contribution in [3.05, 3.63) is 53.9 Å². The van der Waals surface area contributed by atoms with E-state index >= 15 is 0 Å². The van der Waals surface area contributed by atoms with Gasteiger partial charge in [0.05, 0.1) is 12.3 Å². The summed E-state index contributed by atoms with van der Waals surface area (Å²) in [5.41, 5.74) is 2.45. The number of sulfonamides is 1. The van der Waals surface area contributed by atoms with Crippen molar-refractivity contribution in [2.75, 3.05) is 19.5 Å². The van der Waals surface area contributed by atoms with Crippen molar-refractivity contribution in [2.24, 2.45) is 0 Å². The zero-order valence-electron chi connectivity index (χ0n) is 16.1. The van der Waals surface area contributed by atoms with E-state index in [-0.39, 0.29) is 12.1 Å². The van der Waals surface area contributed by atoms with Gasteiger partial charge in [-0.1, -0.05) is 30.3 Å². The van der Waals surface area contributed by atoms with Gasteiger partial charge in [-0.3, -0.25) is 9.78 Å². The fourth-order valence-corrected chi connectivity index (χ4v) is 3.13. The summed E-state index contributed by atoms with van der Waals surface area (Å²) in [7, 11) is -3.26. The smallest absolute Gasteiger partial charge is 0.315 e. The van der Waals surface area contributed by atoms with Crippen LogP contribution in [0.1, 0.15) is 17.4 Å². The average molecular weight is 445 g/mol. The Bertz CT molecular complexity index is 939. The molecule has 0 fully saturated rings. The van der Waals surface area contributed by atoms with Gasteiger partial charge in [-0.25, -0.2) is 17.5 Å². The van der Waals surface area contributed by atoms with Crippen LogP contribution in [0.15, 0.2) is 42.6 Å². The van der Waals surface area contributed by atoms with Crippen molar-refractivity contribution in [1.82, 2.24) is 15.0 Å². The zero-order valence-corrected chi connectivity index (χ0v) is 16.9. The van der Waals surface area contributed by atoms with Gasteiger partial charge >= 0.3 is 6.43 Å². The number of aromatic nitrogens is 1. The Morgan fingerprint density at radius 1 is 1.13 bits per heavy atom. The van der Waals surface area contributed by atoms with Crippen molar-refractivity contribution >= 4 is 15.9 Å². The Labute approximate surface area is 172 Å². The number of aliphatic hydroxyl groups is 1. The van der Waals surface area contributed by atoms with Crippen LogP contribution >= 0.6 is 0 Å². The maximum Gasteiger partial charge on any atom is 0.315 e. The van der Waals surface area contributed by atoms with Gasteiger partial charge in [0.1, 0.15) is 12.8 Å². The Balaban J connectivity index is 2.03. The van der Waals surface area contributed by atoms with Crippen LogP contribution in [0.25, 0.3) is 11.1 Å². The second-order valence-electron chi connectivity index (χ2n) is 6.59. The minimum atomic E-state index is -3.30. The molecule has 1 amide bonds. The monoisotopic (exact) mass is 445 g/mol. The molecule has 11 heteroatoms. The molecular formula is C19H22F3N3O4S. The van der Waals surface area contributed by atoms with E-state index in [1.807, 2.05) is 0 Å². The molecular weight excluding hydrogens is 423 g/mol. The zero-order chi connectivity index (χ0) is 22.3. The van der Waals surface area contributed by atoms with Gasteiger partial charge in [0.25, 0.3) is 5.91 Å². The van der Waals surface area contributed by atoms with Crippen molar-refractivity contribution in [2.45, 2.75) is 25.0 Å². The number of hydrogen-bond donors (Lipinski definition) is 3. The summed E-state index contributed by atoms with van der Waals surface area (Å²) in [4.78, 5) is 15.3. The number of amides is 1. The maximum absolute atomic E-state index is 13.1. The van der Waals surface area contributed by atoms with Crippen molar-refractivity contribution in [3.63, 3.8) is 0 Å². The summed E-state index contributed by atoms with van der Waals surface area (Å²) in [6.45, 7) is -0.976. The Hall–Kier alpha value is -2.50. The molecule has 0 aliphatic heterocycles. The molecule has 2 atom stereocenters. The number of carbonyl (C=O) groups excluding carboxylic acids is 1. The van der Waals surface area contributed by atoms with Gasteiger partial charge in [0.2, 0.25) is 10.0 Å². The highest BCUT2D eigenvalue weighted by Gasteiger charge is 2.26. The number of halogens is 3. The van der Waals surface area contributed by atoms with Crippen LogP contribution < -0.4 is 10.0 Å². The lowest BCUT2D eigenvalue weighted by atomic mass is 9.99. The SMILES string of the molecule is CS(=O)(=O)NCCc1ccc(-c2ccc([C@@H](O)[C@@H](CF)NC(=O)C(F)F)cc2)cn1. The van der Waals surface area contributed by atoms with Gasteiger partial charge in [-0.15, -0.1) is 0 Å². The first-order chi connectivity index (χ1) is 14.1. The predicted octanol–water partition coefficient (Wildman–Crippen LogP) is 1.59. The molecule has 0 bridgehead atoms. The van der Waals surface area contributed by atoms with E-state index in [4.69, 9.17) is 0 Å². The molecule has 0 aliphatic carbocycles. The van der Waals surface area contributed by atoms with E-state index < -0.39 is 41.2 Å². The quantitative estimate of drug-likeness (QED) is 0.515. The highest BCUT2D eigenvalue weighted by Crippen LogP contribution is 2.23. The molecule has 0 aliphatic rings. The number of benzene rings is 1. The Kier molecular flexibility index (Phi) is 8.33. The molecule has 2 rings (SSSR count). The van der Waals surface area contributed by atoms with E-state index in [0.29, 0.717) is 12.1 Å². The van der Waals surface area contributed by atoms with Gasteiger partial charge in [0, 0.05) is 30.4 Å². The van der Waals surface area contributed by atoms with Crippen molar-refractivity contribution in [1.29, 1.82) is 0 Å². The van der Waals surface area contributed by atoms with E-state index in [0.717, 1.165) is 17.4 Å². The van der Waals surface area contributed by atoms with Crippen LogP contribution in [0.3, 0.4) is 0 Å². The van der Waals surface area contributed by atoms with E-state index in [9.17, 15) is 31.5 Å². The summed E-state index contributed by atoms with van der Waals surface area (Å²) >= 11 is 0. The van der Waals surface area contributed by atoms with Gasteiger partial charge in [0.15, 0.2) is 0 Å². The highest BCUT2D eigenvalue weighted by molar-refractivity contribution is 7.88. The summed E-state index contributed by atoms with van der Waals surface area (Å²) in [5, 5.41) is 12.0. The number of aliphatic hydroxyl groups excluding tert-OH is 1. The first-order valence-corrected chi connectivity index (χ1v) is 10.8. The number of carbonyl (C=O) groups is 1. The molecule has 164 valence electrons. The molecule has 0 unspecified atom stereocenters. The second kappa shape index (κ2) is 10.5. The Morgan fingerprint density at radius 3 is 2.27 bits per heavy atom. The van der Waals surface area contributed by atoms with Gasteiger partial charge in [-0.05, 0) is 17.2 Å². The Morgan fingerprint density at radius 2 is 1.77 bits per heavy atom. The first-order valence-electron chi connectivity index (χ1n) is 8.93. The van der Waals surface area contributed by atoms with Crippen molar-refractivity contribution < 1.29 is 31.5 Å². The third kappa shape index (κ3) is 7.08. The minimum Gasteiger partial charge on any atom is -0.386 e. The molecule has 1 aromatic heterocycles. The number of alkyl halides is 3. The van der Waals surface area contributed by atoms with E-state index in [2.05, 4.69) is 9.71 Å². The minimum absolute atomic E-state index is 0.232. The van der Waals surface area contributed by atoms with Crippen LogP contribution in [-0.2, 0) is 21.2 Å². The third-order valence-corrected chi connectivity index (χ3v) is 4.96. The molecule has 0 radical (unpaired) electrons. The first kappa shape index (κ1) is 23.8. The molecule has 30 heavy (non-hydrogen) atoms. The highest BCUT2D eigenvalue weighted by atomic mass is 32.2. The van der Waals surface area contributed by atoms with E-state index in [1.54, 1.807) is 35.8 Å².